The summed E-state index contributed by atoms with van der Waals surface area (Å²) in [5.74, 6) is 0.918. The second-order valence-electron chi connectivity index (χ2n) is 6.18. The fourth-order valence-corrected chi connectivity index (χ4v) is 4.51. The highest BCUT2D eigenvalue weighted by molar-refractivity contribution is 7.91. The van der Waals surface area contributed by atoms with Crippen molar-refractivity contribution in [3.63, 3.8) is 0 Å². The number of rotatable bonds is 5. The Hall–Kier alpha value is -0.420. The fourth-order valence-electron chi connectivity index (χ4n) is 3.34. The van der Waals surface area contributed by atoms with Gasteiger partial charge in [0, 0.05) is 18.6 Å². The Bertz CT molecular complexity index is 412. The van der Waals surface area contributed by atoms with Gasteiger partial charge in [-0.05, 0) is 51.1 Å². The maximum atomic E-state index is 12.2. The molecule has 1 N–H and O–H groups in total. The van der Waals surface area contributed by atoms with Crippen LogP contribution in [0.2, 0.25) is 0 Å². The van der Waals surface area contributed by atoms with Gasteiger partial charge in [0.05, 0.1) is 5.25 Å². The zero-order valence-electron chi connectivity index (χ0n) is 11.7. The zero-order valence-corrected chi connectivity index (χ0v) is 12.5. The van der Waals surface area contributed by atoms with Crippen molar-refractivity contribution in [1.82, 2.24) is 5.32 Å². The summed E-state index contributed by atoms with van der Waals surface area (Å²) < 4.78 is 23.2. The molecule has 1 saturated heterocycles. The second kappa shape index (κ2) is 6.35. The maximum Gasteiger partial charge on any atom is 0.150 e. The molecule has 0 aromatic rings. The Morgan fingerprint density at radius 2 is 2.05 bits per heavy atom. The van der Waals surface area contributed by atoms with Gasteiger partial charge in [-0.1, -0.05) is 6.42 Å². The molecule has 0 spiro atoms. The molecule has 2 aliphatic rings. The number of Topliss-reactive ketones (excluding diaryl/α,β-unsaturated/α-hetero) is 1. The third-order valence-electron chi connectivity index (χ3n) is 4.65. The number of ketones is 1. The molecule has 1 heterocycles. The monoisotopic (exact) mass is 287 g/mol. The summed E-state index contributed by atoms with van der Waals surface area (Å²) in [7, 11) is -2.99. The largest absolute Gasteiger partial charge is 0.316 e. The fraction of sp³-hybridized carbons (Fsp3) is 0.929. The van der Waals surface area contributed by atoms with E-state index in [1.165, 1.54) is 12.7 Å². The van der Waals surface area contributed by atoms with Crippen molar-refractivity contribution in [2.45, 2.75) is 50.2 Å². The molecule has 19 heavy (non-hydrogen) atoms. The summed E-state index contributed by atoms with van der Waals surface area (Å²) in [4.78, 5) is 12.2. The molecule has 4 nitrogen and oxygen atoms in total. The normalized spacial score (nSPS) is 32.4. The van der Waals surface area contributed by atoms with Crippen LogP contribution >= 0.6 is 0 Å². The van der Waals surface area contributed by atoms with E-state index in [4.69, 9.17) is 0 Å². The average molecular weight is 287 g/mol. The SMILES string of the molecule is CS(=O)(=O)C1CCCC(C(=O)CCC2CCNC2)C1. The first-order valence-electron chi connectivity index (χ1n) is 7.39. The Morgan fingerprint density at radius 3 is 2.68 bits per heavy atom. The van der Waals surface area contributed by atoms with Gasteiger partial charge in [0.1, 0.15) is 15.6 Å². The van der Waals surface area contributed by atoms with Gasteiger partial charge in [-0.15, -0.1) is 0 Å². The highest BCUT2D eigenvalue weighted by Gasteiger charge is 2.32. The van der Waals surface area contributed by atoms with Gasteiger partial charge in [0.2, 0.25) is 0 Å². The van der Waals surface area contributed by atoms with E-state index in [0.29, 0.717) is 24.5 Å². The number of carbonyl (C=O) groups is 1. The molecular weight excluding hydrogens is 262 g/mol. The maximum absolute atomic E-state index is 12.2. The van der Waals surface area contributed by atoms with E-state index < -0.39 is 9.84 Å². The minimum absolute atomic E-state index is 0.0113. The van der Waals surface area contributed by atoms with Crippen LogP contribution in [-0.2, 0) is 14.6 Å². The van der Waals surface area contributed by atoms with Crippen molar-refractivity contribution in [3.8, 4) is 0 Å². The topological polar surface area (TPSA) is 63.2 Å². The van der Waals surface area contributed by atoms with Crippen molar-refractivity contribution in [2.75, 3.05) is 19.3 Å². The van der Waals surface area contributed by atoms with E-state index in [-0.39, 0.29) is 11.2 Å². The standard InChI is InChI=1S/C14H25NO3S/c1-19(17,18)13-4-2-3-12(9-13)14(16)6-5-11-7-8-15-10-11/h11-13,15H,2-10H2,1H3. The first-order chi connectivity index (χ1) is 8.97. The summed E-state index contributed by atoms with van der Waals surface area (Å²) in [5, 5.41) is 3.02. The molecule has 0 aromatic heterocycles. The molecule has 0 bridgehead atoms. The Morgan fingerprint density at radius 1 is 1.26 bits per heavy atom. The lowest BCUT2D eigenvalue weighted by molar-refractivity contribution is -0.124. The quantitative estimate of drug-likeness (QED) is 0.833. The Labute approximate surface area is 116 Å². The van der Waals surface area contributed by atoms with Crippen molar-refractivity contribution in [2.24, 2.45) is 11.8 Å². The Balaban J connectivity index is 1.81. The average Bonchev–Trinajstić information content (AvgIpc) is 2.88. The predicted octanol–water partition coefficient (Wildman–Crippen LogP) is 1.55. The van der Waals surface area contributed by atoms with E-state index in [9.17, 15) is 13.2 Å². The van der Waals surface area contributed by atoms with Gasteiger partial charge in [-0.25, -0.2) is 8.42 Å². The van der Waals surface area contributed by atoms with E-state index in [1.54, 1.807) is 0 Å². The summed E-state index contributed by atoms with van der Waals surface area (Å²) in [6.07, 6.45) is 7.11. The number of nitrogens with one attached hydrogen (secondary N) is 1. The molecule has 5 heteroatoms. The summed E-state index contributed by atoms with van der Waals surface area (Å²) in [6.45, 7) is 2.10. The zero-order chi connectivity index (χ0) is 13.9. The van der Waals surface area contributed by atoms with Crippen molar-refractivity contribution >= 4 is 15.6 Å². The van der Waals surface area contributed by atoms with Crippen LogP contribution in [0.5, 0.6) is 0 Å². The summed E-state index contributed by atoms with van der Waals surface area (Å²) >= 11 is 0. The lowest BCUT2D eigenvalue weighted by atomic mass is 9.83. The number of carbonyl (C=O) groups excluding carboxylic acids is 1. The highest BCUT2D eigenvalue weighted by atomic mass is 32.2. The Kier molecular flexibility index (Phi) is 5.01. The molecule has 3 unspecified atom stereocenters. The predicted molar refractivity (Wildman–Crippen MR) is 75.8 cm³/mol. The van der Waals surface area contributed by atoms with Crippen LogP contribution < -0.4 is 5.32 Å². The van der Waals surface area contributed by atoms with Gasteiger partial charge in [-0.2, -0.15) is 0 Å². The molecule has 110 valence electrons. The van der Waals surface area contributed by atoms with Gasteiger partial charge in [-0.3, -0.25) is 4.79 Å². The first-order valence-corrected chi connectivity index (χ1v) is 9.34. The molecule has 1 saturated carbocycles. The van der Waals surface area contributed by atoms with Crippen LogP contribution in [0.4, 0.5) is 0 Å². The smallest absolute Gasteiger partial charge is 0.150 e. The van der Waals surface area contributed by atoms with E-state index in [1.807, 2.05) is 0 Å². The third-order valence-corrected chi connectivity index (χ3v) is 6.29. The molecule has 2 fully saturated rings. The summed E-state index contributed by atoms with van der Waals surface area (Å²) in [5.41, 5.74) is 0. The molecule has 0 amide bonds. The third kappa shape index (κ3) is 4.28. The number of hydrogen-bond donors (Lipinski definition) is 1. The molecular formula is C14H25NO3S. The number of hydrogen-bond acceptors (Lipinski definition) is 4. The van der Waals surface area contributed by atoms with E-state index in [2.05, 4.69) is 5.32 Å². The van der Waals surface area contributed by atoms with Crippen LogP contribution in [0.3, 0.4) is 0 Å². The van der Waals surface area contributed by atoms with Gasteiger partial charge >= 0.3 is 0 Å². The van der Waals surface area contributed by atoms with Crippen LogP contribution in [0, 0.1) is 11.8 Å². The molecule has 2 rings (SSSR count). The number of sulfone groups is 1. The molecule has 1 aliphatic heterocycles. The van der Waals surface area contributed by atoms with E-state index in [0.717, 1.165) is 38.8 Å². The first kappa shape index (κ1) is 15.0. The lowest BCUT2D eigenvalue weighted by Crippen LogP contribution is -2.31. The van der Waals surface area contributed by atoms with Crippen LogP contribution in [0.15, 0.2) is 0 Å². The van der Waals surface area contributed by atoms with Crippen molar-refractivity contribution in [3.05, 3.63) is 0 Å². The molecule has 0 radical (unpaired) electrons. The highest BCUT2D eigenvalue weighted by Crippen LogP contribution is 2.30. The summed E-state index contributed by atoms with van der Waals surface area (Å²) in [6, 6.07) is 0. The van der Waals surface area contributed by atoms with E-state index >= 15 is 0 Å². The van der Waals surface area contributed by atoms with Gasteiger partial charge < -0.3 is 5.32 Å². The molecule has 0 aromatic carbocycles. The van der Waals surface area contributed by atoms with Gasteiger partial charge in [0.15, 0.2) is 0 Å². The second-order valence-corrected chi connectivity index (χ2v) is 8.50. The van der Waals surface area contributed by atoms with Gasteiger partial charge in [0.25, 0.3) is 0 Å². The molecule has 3 atom stereocenters. The van der Waals surface area contributed by atoms with Crippen LogP contribution in [0.1, 0.15) is 44.9 Å². The van der Waals surface area contributed by atoms with Crippen molar-refractivity contribution in [1.29, 1.82) is 0 Å². The van der Waals surface area contributed by atoms with Crippen LogP contribution in [-0.4, -0.2) is 38.8 Å². The minimum Gasteiger partial charge on any atom is -0.316 e. The van der Waals surface area contributed by atoms with Crippen molar-refractivity contribution < 1.29 is 13.2 Å². The van der Waals surface area contributed by atoms with Crippen LogP contribution in [0.25, 0.3) is 0 Å². The minimum atomic E-state index is -2.99. The molecule has 1 aliphatic carbocycles. The lowest BCUT2D eigenvalue weighted by Gasteiger charge is -2.27.